The molecule has 0 aliphatic rings. The Morgan fingerprint density at radius 3 is 1.22 bits per heavy atom. The highest BCUT2D eigenvalue weighted by molar-refractivity contribution is 7.80. The first kappa shape index (κ1) is 38.7. The lowest BCUT2D eigenvalue weighted by Crippen LogP contribution is -2.84. The highest BCUT2D eigenvalue weighted by atomic mass is 32.1. The van der Waals surface area contributed by atoms with Gasteiger partial charge in [0, 0.05) is 69.7 Å². The second-order valence-corrected chi connectivity index (χ2v) is 14.8. The van der Waals surface area contributed by atoms with Crippen molar-refractivity contribution in [3.8, 4) is 45.3 Å². The summed E-state index contributed by atoms with van der Waals surface area (Å²) in [4.78, 5) is 3.50. The van der Waals surface area contributed by atoms with Crippen LogP contribution in [0.4, 0.5) is 0 Å². The van der Waals surface area contributed by atoms with Crippen LogP contribution in [-0.2, 0) is 0 Å². The molecular weight excluding hydrogens is 753 g/mol. The molecule has 0 heterocycles. The first-order chi connectivity index (χ1) is 25.7. The van der Waals surface area contributed by atoms with Crippen LogP contribution < -0.4 is 29.6 Å². The van der Waals surface area contributed by atoms with Gasteiger partial charge in [0.2, 0.25) is 0 Å². The van der Waals surface area contributed by atoms with Crippen molar-refractivity contribution < 1.29 is 24.3 Å². The second-order valence-electron chi connectivity index (χ2n) is 13.3. The number of nitrogens with two attached hydrogens (primary N) is 1. The average Bonchev–Trinajstić information content (AvgIpc) is 3.13. The zero-order valence-corrected chi connectivity index (χ0v) is 34.6. The van der Waals surface area contributed by atoms with Gasteiger partial charge in [0.15, 0.2) is 0 Å². The summed E-state index contributed by atoms with van der Waals surface area (Å²) in [6, 6.07) is 28.8. The molecule has 0 bridgehead atoms. The summed E-state index contributed by atoms with van der Waals surface area (Å²) in [5.74, 6) is 2.22. The number of benzene rings is 6. The van der Waals surface area contributed by atoms with Gasteiger partial charge in [-0.2, -0.15) is 0 Å². The van der Waals surface area contributed by atoms with Crippen LogP contribution in [0.1, 0.15) is 11.1 Å². The van der Waals surface area contributed by atoms with Gasteiger partial charge in [-0.05, 0) is 131 Å². The molecule has 3 N–H and O–H groups in total. The molecule has 0 aromatic heterocycles. The van der Waals surface area contributed by atoms with Crippen molar-refractivity contribution in [2.75, 3.05) is 42.3 Å². The Morgan fingerprint density at radius 2 is 0.852 bits per heavy atom. The van der Waals surface area contributed by atoms with Gasteiger partial charge >= 0.3 is 5.17 Å². The third kappa shape index (κ3) is 8.38. The highest BCUT2D eigenvalue weighted by Crippen LogP contribution is 2.46. The Morgan fingerprint density at radius 1 is 0.500 bits per heavy atom. The van der Waals surface area contributed by atoms with Crippen LogP contribution in [0.25, 0.3) is 54.6 Å². The first-order valence-corrected chi connectivity index (χ1v) is 18.8. The van der Waals surface area contributed by atoms with Crippen molar-refractivity contribution in [1.29, 1.82) is 0 Å². The molecule has 0 amide bonds. The molecule has 0 aliphatic heterocycles. The van der Waals surface area contributed by atoms with E-state index in [1.54, 1.807) is 22.2 Å². The van der Waals surface area contributed by atoms with Crippen molar-refractivity contribution in [2.45, 2.75) is 13.8 Å². The van der Waals surface area contributed by atoms with Gasteiger partial charge in [-0.1, -0.05) is 47.5 Å². The third-order valence-corrected chi connectivity index (χ3v) is 10.3. The Labute approximate surface area is 336 Å². The number of hydrogen-bond donors (Lipinski definition) is 2. The fraction of sp³-hybridized carbons (Fsp3) is 0.190. The number of nitrogens with zero attached hydrogens (tertiary/aromatic N) is 2. The van der Waals surface area contributed by atoms with Crippen molar-refractivity contribution >= 4 is 102 Å². The van der Waals surface area contributed by atoms with Crippen LogP contribution >= 0.6 is 48.9 Å². The van der Waals surface area contributed by atoms with Gasteiger partial charge in [-0.15, -0.1) is 0 Å². The molecule has 12 heteroatoms. The van der Waals surface area contributed by atoms with E-state index in [2.05, 4.69) is 67.7 Å². The molecule has 8 nitrogen and oxygen atoms in total. The number of nitrogens with one attached hydrogen (secondary N) is 1. The standard InChI is InChI=1S/C42H40N4O4S4/c1-23-9-11-25-15-31(35(19-27(25)13-23)47-39(51)43-3)34-18-29-21-36(48-40(52)44-4)33(17-30(29)22-38(34)50-42(54)46(7)8)32-16-26-12-10-24(2)14-28(26)20-37(32)49-41(53)45(5)6/h9-22H,1-8H3,(H,43,51)(H,44,52)/p+1. The number of ether oxygens (including phenoxy) is 4. The summed E-state index contributed by atoms with van der Waals surface area (Å²) in [5.41, 5.74) is 5.31. The van der Waals surface area contributed by atoms with Crippen LogP contribution in [0.2, 0.25) is 0 Å². The van der Waals surface area contributed by atoms with Crippen molar-refractivity contribution in [1.82, 2.24) is 15.1 Å². The van der Waals surface area contributed by atoms with Crippen LogP contribution in [0.5, 0.6) is 23.0 Å². The lowest BCUT2D eigenvalue weighted by atomic mass is 9.93. The predicted molar refractivity (Wildman–Crippen MR) is 236 cm³/mol. The Hall–Kier alpha value is -4.98. The number of fused-ring (bicyclic) bond motifs is 3. The van der Waals surface area contributed by atoms with E-state index in [9.17, 15) is 0 Å². The number of thiocarbonyl (C=S) groups is 4. The lowest BCUT2D eigenvalue weighted by Gasteiger charge is -2.21. The van der Waals surface area contributed by atoms with Gasteiger partial charge in [0.1, 0.15) is 23.0 Å². The molecule has 276 valence electrons. The SMILES string of the molecule is CNC(=S)Oc1cc2cc(-c3cc4ccc(C)cc4cc3OC(=S)[NH2+]C)c(OC(=S)N(C)C)cc2cc1-c1cc2ccc(C)cc2cc1OC(=S)N(C)C. The zero-order chi connectivity index (χ0) is 38.8. The Bertz CT molecular complexity index is 2500. The molecule has 0 atom stereocenters. The minimum atomic E-state index is 0.208. The maximum absolute atomic E-state index is 6.47. The normalized spacial score (nSPS) is 11.0. The molecule has 6 aromatic carbocycles. The molecule has 0 spiro atoms. The van der Waals surface area contributed by atoms with E-state index in [4.69, 9.17) is 67.8 Å². The zero-order valence-electron chi connectivity index (χ0n) is 31.3. The van der Waals surface area contributed by atoms with E-state index in [0.717, 1.165) is 65.7 Å². The third-order valence-electron chi connectivity index (χ3n) is 8.78. The Balaban J connectivity index is 1.66. The molecule has 0 saturated heterocycles. The van der Waals surface area contributed by atoms with Gasteiger partial charge in [-0.25, -0.2) is 0 Å². The molecule has 0 radical (unpaired) electrons. The van der Waals surface area contributed by atoms with E-state index in [0.29, 0.717) is 38.5 Å². The number of hydrogen-bond acceptors (Lipinski definition) is 8. The molecule has 0 fully saturated rings. The van der Waals surface area contributed by atoms with Crippen molar-refractivity contribution in [3.63, 3.8) is 0 Å². The summed E-state index contributed by atoms with van der Waals surface area (Å²) < 4.78 is 25.5. The smallest absolute Gasteiger partial charge is 0.365 e. The second kappa shape index (κ2) is 16.2. The quantitative estimate of drug-likeness (QED) is 0.160. The minimum absolute atomic E-state index is 0.208. The number of quaternary nitrogens is 1. The van der Waals surface area contributed by atoms with Crippen LogP contribution in [-0.4, -0.2) is 72.8 Å². The van der Waals surface area contributed by atoms with Gasteiger partial charge in [0.25, 0.3) is 15.5 Å². The van der Waals surface area contributed by atoms with Crippen LogP contribution in [0.15, 0.2) is 84.9 Å². The van der Waals surface area contributed by atoms with E-state index in [1.165, 1.54) is 0 Å². The van der Waals surface area contributed by atoms with E-state index >= 15 is 0 Å². The highest BCUT2D eigenvalue weighted by Gasteiger charge is 2.22. The van der Waals surface area contributed by atoms with E-state index in [1.807, 2.05) is 71.6 Å². The fourth-order valence-electron chi connectivity index (χ4n) is 5.97. The summed E-state index contributed by atoms with van der Waals surface area (Å²) >= 11 is 22.4. The lowest BCUT2D eigenvalue weighted by molar-refractivity contribution is -0.515. The topological polar surface area (TPSA) is 72.0 Å². The maximum Gasteiger partial charge on any atom is 0.365 e. The Kier molecular flexibility index (Phi) is 11.6. The molecule has 0 aliphatic carbocycles. The fourth-order valence-corrected chi connectivity index (χ4v) is 6.33. The summed E-state index contributed by atoms with van der Waals surface area (Å²) in [5, 5.41) is 11.7. The number of rotatable bonds is 6. The summed E-state index contributed by atoms with van der Waals surface area (Å²) in [6.07, 6.45) is 0. The number of aryl methyl sites for hydroxylation is 2. The van der Waals surface area contributed by atoms with Gasteiger partial charge < -0.3 is 34.1 Å². The molecule has 54 heavy (non-hydrogen) atoms. The van der Waals surface area contributed by atoms with Crippen molar-refractivity contribution in [2.24, 2.45) is 0 Å². The maximum atomic E-state index is 6.47. The van der Waals surface area contributed by atoms with Crippen molar-refractivity contribution in [3.05, 3.63) is 96.1 Å². The predicted octanol–water partition coefficient (Wildman–Crippen LogP) is 8.29. The average molecular weight is 794 g/mol. The summed E-state index contributed by atoms with van der Waals surface area (Å²) in [7, 11) is 11.0. The largest absolute Gasteiger partial charge is 0.431 e. The minimum Gasteiger partial charge on any atom is -0.431 e. The van der Waals surface area contributed by atoms with E-state index < -0.39 is 0 Å². The molecular formula is C42H41N4O4S4+. The molecule has 6 rings (SSSR count). The molecule has 0 saturated carbocycles. The van der Waals surface area contributed by atoms with E-state index in [-0.39, 0.29) is 5.17 Å². The summed E-state index contributed by atoms with van der Waals surface area (Å²) in [6.45, 7) is 4.13. The monoisotopic (exact) mass is 793 g/mol. The van der Waals surface area contributed by atoms with Gasteiger partial charge in [0.05, 0.1) is 7.05 Å². The first-order valence-electron chi connectivity index (χ1n) is 17.1. The molecule has 0 unspecified atom stereocenters. The van der Waals surface area contributed by atoms with Crippen LogP contribution in [0, 0.1) is 13.8 Å². The van der Waals surface area contributed by atoms with Gasteiger partial charge in [-0.3, -0.25) is 5.32 Å². The van der Waals surface area contributed by atoms with Crippen LogP contribution in [0.3, 0.4) is 0 Å². The molecule has 6 aromatic rings.